The minimum Gasteiger partial charge on any atom is -0.341 e. The van der Waals surface area contributed by atoms with E-state index in [4.69, 9.17) is 0 Å². The molecule has 2 amide bonds. The molecule has 2 aromatic rings. The highest BCUT2D eigenvalue weighted by Gasteiger charge is 2.22. The van der Waals surface area contributed by atoms with Crippen LogP contribution in [-0.2, 0) is 30.6 Å². The number of aromatic nitrogens is 2. The molecule has 0 saturated heterocycles. The molecule has 0 unspecified atom stereocenters. The monoisotopic (exact) mass is 338 g/mol. The Hall–Kier alpha value is -2.63. The summed E-state index contributed by atoms with van der Waals surface area (Å²) in [7, 11) is 1.81. The lowest BCUT2D eigenvalue weighted by molar-refractivity contribution is -0.116. The quantitative estimate of drug-likeness (QED) is 0.931. The van der Waals surface area contributed by atoms with Crippen LogP contribution in [0.2, 0.25) is 0 Å². The zero-order valence-corrected chi connectivity index (χ0v) is 14.4. The maximum atomic E-state index is 12.4. The molecule has 0 fully saturated rings. The predicted octanol–water partition coefficient (Wildman–Crippen LogP) is 2.03. The number of hydrogen-bond acceptors (Lipinski definition) is 3. The summed E-state index contributed by atoms with van der Waals surface area (Å²) < 4.78 is 1.96. The van der Waals surface area contributed by atoms with Gasteiger partial charge in [-0.2, -0.15) is 0 Å². The van der Waals surface area contributed by atoms with Crippen LogP contribution in [0.5, 0.6) is 0 Å². The smallest absolute Gasteiger partial charge is 0.253 e. The Labute approximate surface area is 146 Å². The van der Waals surface area contributed by atoms with E-state index in [-0.39, 0.29) is 18.4 Å². The largest absolute Gasteiger partial charge is 0.341 e. The van der Waals surface area contributed by atoms with Crippen molar-refractivity contribution in [1.82, 2.24) is 14.5 Å². The van der Waals surface area contributed by atoms with Crippen molar-refractivity contribution in [2.45, 2.75) is 38.6 Å². The third-order valence-electron chi connectivity index (χ3n) is 5.11. The zero-order valence-electron chi connectivity index (χ0n) is 14.4. The molecule has 1 aliphatic heterocycles. The van der Waals surface area contributed by atoms with E-state index in [2.05, 4.69) is 10.3 Å². The van der Waals surface area contributed by atoms with Crippen molar-refractivity contribution in [1.29, 1.82) is 0 Å². The van der Waals surface area contributed by atoms with Crippen LogP contribution in [0.15, 0.2) is 24.5 Å². The Morgan fingerprint density at radius 1 is 1.24 bits per heavy atom. The lowest BCUT2D eigenvalue weighted by atomic mass is 9.98. The van der Waals surface area contributed by atoms with Crippen LogP contribution in [-0.4, -0.2) is 39.9 Å². The van der Waals surface area contributed by atoms with Gasteiger partial charge in [-0.3, -0.25) is 9.59 Å². The second kappa shape index (κ2) is 6.35. The standard InChI is InChI=1S/C19H22N4O2/c1-22-9-8-13-10-14(6-7-15(13)19(22)25)21-18(24)11-23-12-20-16-4-2-3-5-17(16)23/h6-7,10,12H,2-5,8-9,11H2,1H3,(H,21,24). The number of nitrogens with zero attached hydrogens (tertiary/aromatic N) is 3. The number of aryl methyl sites for hydroxylation is 1. The van der Waals surface area contributed by atoms with Gasteiger partial charge in [-0.1, -0.05) is 0 Å². The number of imidazole rings is 1. The van der Waals surface area contributed by atoms with Gasteiger partial charge in [0.05, 0.1) is 12.0 Å². The minimum absolute atomic E-state index is 0.0455. The average molecular weight is 338 g/mol. The number of carbonyl (C=O) groups excluding carboxylic acids is 2. The van der Waals surface area contributed by atoms with Gasteiger partial charge in [0.1, 0.15) is 6.54 Å². The van der Waals surface area contributed by atoms with E-state index >= 15 is 0 Å². The summed E-state index contributed by atoms with van der Waals surface area (Å²) in [6, 6.07) is 5.53. The highest BCUT2D eigenvalue weighted by molar-refractivity contribution is 5.98. The molecule has 0 bridgehead atoms. The summed E-state index contributed by atoms with van der Waals surface area (Å²) in [4.78, 5) is 30.7. The highest BCUT2D eigenvalue weighted by atomic mass is 16.2. The molecule has 1 N–H and O–H groups in total. The van der Waals surface area contributed by atoms with Gasteiger partial charge in [0.2, 0.25) is 5.91 Å². The van der Waals surface area contributed by atoms with Crippen LogP contribution in [0.3, 0.4) is 0 Å². The molecular formula is C19H22N4O2. The van der Waals surface area contributed by atoms with Crippen molar-refractivity contribution in [3.05, 3.63) is 47.0 Å². The summed E-state index contributed by atoms with van der Waals surface area (Å²) >= 11 is 0. The fourth-order valence-corrected chi connectivity index (χ4v) is 3.70. The van der Waals surface area contributed by atoms with Crippen LogP contribution in [0.25, 0.3) is 0 Å². The first kappa shape index (κ1) is 15.9. The van der Waals surface area contributed by atoms with Gasteiger partial charge < -0.3 is 14.8 Å². The topological polar surface area (TPSA) is 67.2 Å². The maximum Gasteiger partial charge on any atom is 0.253 e. The van der Waals surface area contributed by atoms with Gasteiger partial charge in [-0.05, 0) is 55.9 Å². The molecule has 4 rings (SSSR count). The van der Waals surface area contributed by atoms with Gasteiger partial charge in [-0.15, -0.1) is 0 Å². The summed E-state index contributed by atoms with van der Waals surface area (Å²) in [5, 5.41) is 2.95. The highest BCUT2D eigenvalue weighted by Crippen LogP contribution is 2.23. The predicted molar refractivity (Wildman–Crippen MR) is 94.6 cm³/mol. The number of amides is 2. The number of nitrogens with one attached hydrogen (secondary N) is 1. The number of likely N-dealkylation sites (N-methyl/N-ethyl adjacent to an activating group) is 1. The van der Waals surface area contributed by atoms with Crippen molar-refractivity contribution in [3.63, 3.8) is 0 Å². The number of rotatable bonds is 3. The molecule has 0 radical (unpaired) electrons. The van der Waals surface area contributed by atoms with E-state index in [1.54, 1.807) is 17.3 Å². The van der Waals surface area contributed by atoms with Crippen molar-refractivity contribution in [2.75, 3.05) is 18.9 Å². The molecule has 2 aliphatic rings. The van der Waals surface area contributed by atoms with Crippen LogP contribution in [0.4, 0.5) is 5.69 Å². The Balaban J connectivity index is 1.46. The van der Waals surface area contributed by atoms with E-state index in [9.17, 15) is 9.59 Å². The van der Waals surface area contributed by atoms with E-state index in [1.807, 2.05) is 23.7 Å². The number of fused-ring (bicyclic) bond motifs is 2. The molecule has 1 aliphatic carbocycles. The second-order valence-electron chi connectivity index (χ2n) is 6.87. The molecule has 0 atom stereocenters. The Morgan fingerprint density at radius 2 is 2.08 bits per heavy atom. The van der Waals surface area contributed by atoms with Gasteiger partial charge in [0.25, 0.3) is 5.91 Å². The molecule has 0 spiro atoms. The van der Waals surface area contributed by atoms with E-state index < -0.39 is 0 Å². The molecule has 6 heteroatoms. The summed E-state index contributed by atoms with van der Waals surface area (Å²) in [5.74, 6) is -0.0193. The third-order valence-corrected chi connectivity index (χ3v) is 5.11. The number of benzene rings is 1. The third kappa shape index (κ3) is 3.04. The van der Waals surface area contributed by atoms with Gasteiger partial charge in [-0.25, -0.2) is 4.98 Å². The lowest BCUT2D eigenvalue weighted by Crippen LogP contribution is -2.34. The SMILES string of the molecule is CN1CCc2cc(NC(=O)Cn3cnc4c3CCCC4)ccc2C1=O. The fourth-order valence-electron chi connectivity index (χ4n) is 3.70. The minimum atomic E-state index is -0.0648. The molecule has 2 heterocycles. The molecule has 0 saturated carbocycles. The summed E-state index contributed by atoms with van der Waals surface area (Å²) in [5.41, 5.74) is 4.81. The summed E-state index contributed by atoms with van der Waals surface area (Å²) in [6.07, 6.45) is 6.94. The molecular weight excluding hydrogens is 316 g/mol. The molecule has 130 valence electrons. The first-order chi connectivity index (χ1) is 12.1. The first-order valence-electron chi connectivity index (χ1n) is 8.83. The maximum absolute atomic E-state index is 12.4. The molecule has 1 aromatic heterocycles. The molecule has 1 aromatic carbocycles. The van der Waals surface area contributed by atoms with Gasteiger partial charge in [0, 0.05) is 30.5 Å². The Morgan fingerprint density at radius 3 is 2.96 bits per heavy atom. The van der Waals surface area contributed by atoms with Crippen molar-refractivity contribution < 1.29 is 9.59 Å². The van der Waals surface area contributed by atoms with Crippen LogP contribution in [0, 0.1) is 0 Å². The van der Waals surface area contributed by atoms with Crippen molar-refractivity contribution in [3.8, 4) is 0 Å². The normalized spacial score (nSPS) is 16.4. The van der Waals surface area contributed by atoms with E-state index in [0.717, 1.165) is 48.2 Å². The molecule has 6 nitrogen and oxygen atoms in total. The first-order valence-corrected chi connectivity index (χ1v) is 8.83. The Bertz CT molecular complexity index is 840. The van der Waals surface area contributed by atoms with Gasteiger partial charge >= 0.3 is 0 Å². The van der Waals surface area contributed by atoms with Crippen molar-refractivity contribution in [2.24, 2.45) is 0 Å². The Kier molecular flexibility index (Phi) is 4.03. The summed E-state index contributed by atoms with van der Waals surface area (Å²) in [6.45, 7) is 0.992. The number of carbonyl (C=O) groups is 2. The zero-order chi connectivity index (χ0) is 17.4. The van der Waals surface area contributed by atoms with Crippen molar-refractivity contribution >= 4 is 17.5 Å². The van der Waals surface area contributed by atoms with Gasteiger partial charge in [0.15, 0.2) is 0 Å². The van der Waals surface area contributed by atoms with E-state index in [0.29, 0.717) is 6.54 Å². The van der Waals surface area contributed by atoms with Crippen LogP contribution < -0.4 is 5.32 Å². The number of hydrogen-bond donors (Lipinski definition) is 1. The average Bonchev–Trinajstić information content (AvgIpc) is 3.01. The fraction of sp³-hybridized carbons (Fsp3) is 0.421. The van der Waals surface area contributed by atoms with E-state index in [1.165, 1.54) is 12.1 Å². The van der Waals surface area contributed by atoms with Crippen LogP contribution >= 0.6 is 0 Å². The lowest BCUT2D eigenvalue weighted by Gasteiger charge is -2.25. The molecule has 25 heavy (non-hydrogen) atoms. The van der Waals surface area contributed by atoms with Crippen LogP contribution in [0.1, 0.15) is 40.2 Å². The second-order valence-corrected chi connectivity index (χ2v) is 6.87. The number of anilines is 1.